The normalized spacial score (nSPS) is 9.85. The van der Waals surface area contributed by atoms with Crippen molar-refractivity contribution < 1.29 is 22.7 Å². The van der Waals surface area contributed by atoms with E-state index in [1.54, 1.807) is 29.2 Å². The minimum atomic E-state index is -2.76. The fourth-order valence-electron chi connectivity index (χ4n) is 2.23. The first-order valence-electron chi connectivity index (χ1n) is 8.02. The van der Waals surface area contributed by atoms with Gasteiger partial charge in [-0.05, 0) is 17.7 Å². The number of carbonyl (C=O) groups is 1. The Bertz CT molecular complexity index is 759. The average Bonchev–Trinajstić information content (AvgIpc) is 2.68. The van der Waals surface area contributed by atoms with Crippen molar-refractivity contribution in [3.8, 4) is 0 Å². The van der Waals surface area contributed by atoms with Crippen LogP contribution in [0, 0.1) is 0 Å². The summed E-state index contributed by atoms with van der Waals surface area (Å²) in [4.78, 5) is 13.6. The standard InChI is InChI=1S/C20H19F2NO2.CH3F/c1-14(25-15(2)20(21)22)18-11-9-17(10-12-18)13-23(16(3)24)19-7-5-4-6-8-19;1-2/h4-12,20H,1-2,13H2,3H3;1H3. The first-order chi connectivity index (χ1) is 12.9. The van der Waals surface area contributed by atoms with Crippen LogP contribution in [0.2, 0.25) is 0 Å². The maximum absolute atomic E-state index is 12.4. The molecule has 0 saturated heterocycles. The molecule has 0 aliphatic rings. The lowest BCUT2D eigenvalue weighted by atomic mass is 10.1. The van der Waals surface area contributed by atoms with Crippen LogP contribution in [-0.2, 0) is 16.1 Å². The second-order valence-corrected chi connectivity index (χ2v) is 5.43. The third-order valence-corrected chi connectivity index (χ3v) is 3.56. The number of halogens is 3. The van der Waals surface area contributed by atoms with Gasteiger partial charge in [-0.2, -0.15) is 0 Å². The molecule has 0 atom stereocenters. The Morgan fingerprint density at radius 3 is 2.07 bits per heavy atom. The van der Waals surface area contributed by atoms with Crippen LogP contribution in [0.5, 0.6) is 0 Å². The van der Waals surface area contributed by atoms with Crippen molar-refractivity contribution in [2.45, 2.75) is 19.9 Å². The van der Waals surface area contributed by atoms with Crippen molar-refractivity contribution in [1.82, 2.24) is 0 Å². The summed E-state index contributed by atoms with van der Waals surface area (Å²) in [5, 5.41) is 0. The van der Waals surface area contributed by atoms with E-state index in [-0.39, 0.29) is 11.7 Å². The molecular weight excluding hydrogens is 355 g/mol. The largest absolute Gasteiger partial charge is 0.456 e. The number of amides is 1. The molecule has 2 rings (SSSR count). The Balaban J connectivity index is 0.00000176. The van der Waals surface area contributed by atoms with Gasteiger partial charge < -0.3 is 9.64 Å². The van der Waals surface area contributed by atoms with Crippen LogP contribution >= 0.6 is 0 Å². The predicted molar refractivity (Wildman–Crippen MR) is 102 cm³/mol. The maximum Gasteiger partial charge on any atom is 0.294 e. The summed E-state index contributed by atoms with van der Waals surface area (Å²) in [5.74, 6) is -0.611. The molecule has 27 heavy (non-hydrogen) atoms. The number of alkyl halides is 3. The zero-order valence-corrected chi connectivity index (χ0v) is 15.3. The van der Waals surface area contributed by atoms with Gasteiger partial charge in [-0.1, -0.05) is 55.6 Å². The van der Waals surface area contributed by atoms with Gasteiger partial charge in [-0.15, -0.1) is 0 Å². The molecule has 1 amide bonds. The molecule has 144 valence electrons. The molecule has 0 N–H and O–H groups in total. The van der Waals surface area contributed by atoms with Gasteiger partial charge in [0.05, 0.1) is 13.7 Å². The van der Waals surface area contributed by atoms with Gasteiger partial charge in [0.2, 0.25) is 5.91 Å². The summed E-state index contributed by atoms with van der Waals surface area (Å²) in [6, 6.07) is 16.4. The Kier molecular flexibility index (Phi) is 8.85. The Labute approximate surface area is 157 Å². The molecular formula is C21H22F3NO2. The zero-order chi connectivity index (χ0) is 20.4. The van der Waals surface area contributed by atoms with Crippen molar-refractivity contribution in [2.75, 3.05) is 12.1 Å². The number of hydrogen-bond acceptors (Lipinski definition) is 2. The third-order valence-electron chi connectivity index (χ3n) is 3.56. The number of hydrogen-bond donors (Lipinski definition) is 0. The van der Waals surface area contributed by atoms with Crippen molar-refractivity contribution in [1.29, 1.82) is 0 Å². The Morgan fingerprint density at radius 2 is 1.59 bits per heavy atom. The molecule has 0 spiro atoms. The quantitative estimate of drug-likeness (QED) is 0.589. The van der Waals surface area contributed by atoms with Crippen LogP contribution in [0.25, 0.3) is 5.76 Å². The van der Waals surface area contributed by atoms with Gasteiger partial charge in [0.1, 0.15) is 5.76 Å². The van der Waals surface area contributed by atoms with E-state index in [1.165, 1.54) is 6.92 Å². The molecule has 0 radical (unpaired) electrons. The summed E-state index contributed by atoms with van der Waals surface area (Å²) >= 11 is 0. The maximum atomic E-state index is 12.4. The van der Waals surface area contributed by atoms with Crippen LogP contribution in [0.1, 0.15) is 18.1 Å². The van der Waals surface area contributed by atoms with Gasteiger partial charge in [-0.25, -0.2) is 8.78 Å². The fourth-order valence-corrected chi connectivity index (χ4v) is 2.23. The van der Waals surface area contributed by atoms with Crippen LogP contribution in [0.3, 0.4) is 0 Å². The van der Waals surface area contributed by atoms with Crippen LogP contribution in [0.4, 0.5) is 18.9 Å². The first kappa shape index (κ1) is 22.0. The van der Waals surface area contributed by atoms with E-state index in [9.17, 15) is 18.0 Å². The van der Waals surface area contributed by atoms with E-state index in [1.807, 2.05) is 30.3 Å². The topological polar surface area (TPSA) is 29.5 Å². The number of benzene rings is 2. The minimum absolute atomic E-state index is 0.0729. The number of rotatable bonds is 7. The summed E-state index contributed by atoms with van der Waals surface area (Å²) in [6.07, 6.45) is -2.76. The number of ether oxygens (including phenoxy) is 1. The Morgan fingerprint density at radius 1 is 1.04 bits per heavy atom. The van der Waals surface area contributed by atoms with Gasteiger partial charge >= 0.3 is 0 Å². The molecule has 2 aromatic carbocycles. The van der Waals surface area contributed by atoms with Crippen molar-refractivity contribution >= 4 is 17.4 Å². The molecule has 0 heterocycles. The summed E-state index contributed by atoms with van der Waals surface area (Å²) in [5.41, 5.74) is 2.27. The third kappa shape index (κ3) is 6.66. The molecule has 0 aliphatic carbocycles. The molecule has 2 aromatic rings. The van der Waals surface area contributed by atoms with Gasteiger partial charge in [0, 0.05) is 18.2 Å². The lowest BCUT2D eigenvalue weighted by molar-refractivity contribution is -0.116. The molecule has 0 bridgehead atoms. The first-order valence-corrected chi connectivity index (χ1v) is 8.02. The lowest BCUT2D eigenvalue weighted by Gasteiger charge is -2.21. The second-order valence-electron chi connectivity index (χ2n) is 5.43. The van der Waals surface area contributed by atoms with Crippen molar-refractivity contribution in [2.24, 2.45) is 0 Å². The van der Waals surface area contributed by atoms with E-state index < -0.39 is 12.2 Å². The molecule has 0 saturated carbocycles. The van der Waals surface area contributed by atoms with Gasteiger partial charge in [-0.3, -0.25) is 9.18 Å². The van der Waals surface area contributed by atoms with E-state index in [2.05, 4.69) is 13.2 Å². The molecule has 0 unspecified atom stereocenters. The predicted octanol–water partition coefficient (Wildman–Crippen LogP) is 5.59. The van der Waals surface area contributed by atoms with Gasteiger partial charge in [0.15, 0.2) is 5.76 Å². The molecule has 3 nitrogen and oxygen atoms in total. The van der Waals surface area contributed by atoms with Crippen LogP contribution in [-0.4, -0.2) is 19.5 Å². The summed E-state index contributed by atoms with van der Waals surface area (Å²) in [7, 11) is 0.500. The zero-order valence-electron chi connectivity index (χ0n) is 15.3. The number of anilines is 1. The number of nitrogens with zero attached hydrogens (tertiary/aromatic N) is 1. The summed E-state index contributed by atoms with van der Waals surface area (Å²) < 4.78 is 39.3. The van der Waals surface area contributed by atoms with Crippen LogP contribution < -0.4 is 4.90 Å². The van der Waals surface area contributed by atoms with E-state index in [4.69, 9.17) is 4.74 Å². The highest BCUT2D eigenvalue weighted by Crippen LogP contribution is 2.22. The van der Waals surface area contributed by atoms with E-state index >= 15 is 0 Å². The highest BCUT2D eigenvalue weighted by Gasteiger charge is 2.14. The fraction of sp³-hybridized carbons (Fsp3) is 0.190. The summed E-state index contributed by atoms with van der Waals surface area (Å²) in [6.45, 7) is 8.69. The molecule has 0 fully saturated rings. The molecule has 6 heteroatoms. The monoisotopic (exact) mass is 377 g/mol. The second kappa shape index (κ2) is 10.9. The number of carbonyl (C=O) groups excluding carboxylic acids is 1. The lowest BCUT2D eigenvalue weighted by Crippen LogP contribution is -2.27. The molecule has 0 aromatic heterocycles. The van der Waals surface area contributed by atoms with Crippen LogP contribution in [0.15, 0.2) is 73.5 Å². The molecule has 0 aliphatic heterocycles. The highest BCUT2D eigenvalue weighted by atomic mass is 19.3. The Hall–Kier alpha value is -3.02. The van der Waals surface area contributed by atoms with Crippen molar-refractivity contribution in [3.05, 3.63) is 84.6 Å². The smallest absolute Gasteiger partial charge is 0.294 e. The van der Waals surface area contributed by atoms with Crippen molar-refractivity contribution in [3.63, 3.8) is 0 Å². The van der Waals surface area contributed by atoms with E-state index in [0.29, 0.717) is 19.3 Å². The van der Waals surface area contributed by atoms with Gasteiger partial charge in [0.25, 0.3) is 6.43 Å². The van der Waals surface area contributed by atoms with E-state index in [0.717, 1.165) is 11.3 Å². The minimum Gasteiger partial charge on any atom is -0.456 e. The number of allylic oxidation sites excluding steroid dienone is 1. The SMILES string of the molecule is C=C(OC(=C)C(F)F)c1ccc(CN(C(C)=O)c2ccccc2)cc1.CF. The average molecular weight is 377 g/mol. The number of para-hydroxylation sites is 1. The highest BCUT2D eigenvalue weighted by molar-refractivity contribution is 5.91.